The fourth-order valence-corrected chi connectivity index (χ4v) is 1.74. The van der Waals surface area contributed by atoms with Crippen LogP contribution in [0.4, 0.5) is 0 Å². The minimum Gasteiger partial charge on any atom is -0.349 e. The van der Waals surface area contributed by atoms with Gasteiger partial charge in [-0.25, -0.2) is 0 Å². The zero-order valence-corrected chi connectivity index (χ0v) is 9.40. The highest BCUT2D eigenvalue weighted by molar-refractivity contribution is 7.98. The van der Waals surface area contributed by atoms with Crippen LogP contribution in [0.3, 0.4) is 0 Å². The number of rotatable bonds is 5. The van der Waals surface area contributed by atoms with Crippen LogP contribution < -0.4 is 5.32 Å². The molecule has 0 fully saturated rings. The van der Waals surface area contributed by atoms with Crippen LogP contribution >= 0.6 is 11.8 Å². The largest absolute Gasteiger partial charge is 0.349 e. The lowest BCUT2D eigenvalue weighted by Gasteiger charge is -2.14. The highest BCUT2D eigenvalue weighted by Gasteiger charge is 2.06. The molecule has 0 saturated heterocycles. The van der Waals surface area contributed by atoms with E-state index < -0.39 is 0 Å². The molecule has 0 amide bonds. The summed E-state index contributed by atoms with van der Waals surface area (Å²) in [4.78, 5) is 0. The summed E-state index contributed by atoms with van der Waals surface area (Å²) in [5.74, 6) is 1.18. The van der Waals surface area contributed by atoms with Crippen LogP contribution in [0.2, 0.25) is 0 Å². The van der Waals surface area contributed by atoms with Crippen molar-refractivity contribution >= 4 is 11.8 Å². The monoisotopic (exact) mass is 198 g/mol. The molecule has 0 aromatic carbocycles. The Morgan fingerprint density at radius 1 is 1.62 bits per heavy atom. The number of aryl methyl sites for hydroxylation is 1. The number of hydrogen-bond donors (Lipinski definition) is 1. The minimum absolute atomic E-state index is 0.442. The molecule has 1 aromatic heterocycles. The van der Waals surface area contributed by atoms with Gasteiger partial charge in [-0.3, -0.25) is 0 Å². The van der Waals surface area contributed by atoms with Gasteiger partial charge in [-0.1, -0.05) is 0 Å². The SMILES string of the molecule is CNC(C)c1cccn1CCSC. The van der Waals surface area contributed by atoms with E-state index in [-0.39, 0.29) is 0 Å². The number of nitrogens with zero attached hydrogens (tertiary/aromatic N) is 1. The van der Waals surface area contributed by atoms with Gasteiger partial charge < -0.3 is 9.88 Å². The van der Waals surface area contributed by atoms with E-state index in [1.807, 2.05) is 18.8 Å². The number of nitrogens with one attached hydrogen (secondary N) is 1. The van der Waals surface area contributed by atoms with Crippen LogP contribution in [0.1, 0.15) is 18.7 Å². The first-order chi connectivity index (χ1) is 6.29. The predicted octanol–water partition coefficient (Wildman–Crippen LogP) is 2.13. The van der Waals surface area contributed by atoms with Gasteiger partial charge in [0.1, 0.15) is 0 Å². The van der Waals surface area contributed by atoms with Crippen LogP contribution in [-0.2, 0) is 6.54 Å². The van der Waals surface area contributed by atoms with Gasteiger partial charge >= 0.3 is 0 Å². The molecular formula is C10H18N2S. The average molecular weight is 198 g/mol. The minimum atomic E-state index is 0.442. The van der Waals surface area contributed by atoms with Crippen molar-refractivity contribution in [2.24, 2.45) is 0 Å². The molecule has 1 rings (SSSR count). The summed E-state index contributed by atoms with van der Waals surface area (Å²) in [5, 5.41) is 3.26. The third kappa shape index (κ3) is 2.78. The van der Waals surface area contributed by atoms with E-state index in [4.69, 9.17) is 0 Å². The van der Waals surface area contributed by atoms with Crippen LogP contribution in [0, 0.1) is 0 Å². The Morgan fingerprint density at radius 3 is 3.00 bits per heavy atom. The fourth-order valence-electron chi connectivity index (χ4n) is 1.36. The van der Waals surface area contributed by atoms with E-state index in [2.05, 4.69) is 41.4 Å². The maximum atomic E-state index is 3.26. The molecule has 1 atom stereocenters. The molecule has 0 saturated carbocycles. The van der Waals surface area contributed by atoms with E-state index >= 15 is 0 Å². The first kappa shape index (κ1) is 10.7. The summed E-state index contributed by atoms with van der Waals surface area (Å²) in [7, 11) is 2.00. The summed E-state index contributed by atoms with van der Waals surface area (Å²) in [5.41, 5.74) is 1.37. The Bertz CT molecular complexity index is 245. The van der Waals surface area contributed by atoms with E-state index in [0.29, 0.717) is 6.04 Å². The van der Waals surface area contributed by atoms with Gasteiger partial charge in [-0.15, -0.1) is 0 Å². The van der Waals surface area contributed by atoms with Crippen molar-refractivity contribution in [3.8, 4) is 0 Å². The maximum absolute atomic E-state index is 3.26. The molecule has 13 heavy (non-hydrogen) atoms. The summed E-state index contributed by atoms with van der Waals surface area (Å²) in [6.45, 7) is 3.29. The number of thioether (sulfide) groups is 1. The van der Waals surface area contributed by atoms with E-state index in [1.165, 1.54) is 11.4 Å². The first-order valence-corrected chi connectivity index (χ1v) is 6.00. The van der Waals surface area contributed by atoms with Gasteiger partial charge in [0.05, 0.1) is 0 Å². The maximum Gasteiger partial charge on any atom is 0.0443 e. The summed E-state index contributed by atoms with van der Waals surface area (Å²) in [6.07, 6.45) is 4.30. The average Bonchev–Trinajstić information content (AvgIpc) is 2.61. The molecule has 1 heterocycles. The molecule has 74 valence electrons. The molecule has 2 nitrogen and oxygen atoms in total. The second kappa shape index (κ2) is 5.35. The van der Waals surface area contributed by atoms with Gasteiger partial charge in [-0.2, -0.15) is 11.8 Å². The second-order valence-corrected chi connectivity index (χ2v) is 4.12. The molecule has 0 aliphatic heterocycles. The van der Waals surface area contributed by atoms with Gasteiger partial charge in [-0.05, 0) is 32.4 Å². The van der Waals surface area contributed by atoms with Crippen molar-refractivity contribution in [3.05, 3.63) is 24.0 Å². The van der Waals surface area contributed by atoms with Crippen LogP contribution in [0.5, 0.6) is 0 Å². The number of aromatic nitrogens is 1. The van der Waals surface area contributed by atoms with E-state index in [0.717, 1.165) is 6.54 Å². The van der Waals surface area contributed by atoms with Crippen LogP contribution in [0.15, 0.2) is 18.3 Å². The Balaban J connectivity index is 2.65. The van der Waals surface area contributed by atoms with Gasteiger partial charge in [0, 0.05) is 30.2 Å². The molecular weight excluding hydrogens is 180 g/mol. The van der Waals surface area contributed by atoms with Gasteiger partial charge in [0.25, 0.3) is 0 Å². The molecule has 0 bridgehead atoms. The molecule has 0 aliphatic carbocycles. The molecule has 1 aromatic rings. The lowest BCUT2D eigenvalue weighted by molar-refractivity contribution is 0.584. The van der Waals surface area contributed by atoms with Gasteiger partial charge in [0.15, 0.2) is 0 Å². The third-order valence-electron chi connectivity index (χ3n) is 2.28. The smallest absolute Gasteiger partial charge is 0.0443 e. The molecule has 3 heteroatoms. The van der Waals surface area contributed by atoms with Crippen LogP contribution in [-0.4, -0.2) is 23.6 Å². The Labute approximate surface area is 84.7 Å². The molecule has 1 N–H and O–H groups in total. The summed E-state index contributed by atoms with van der Waals surface area (Å²) in [6, 6.07) is 4.74. The quantitative estimate of drug-likeness (QED) is 0.780. The summed E-state index contributed by atoms with van der Waals surface area (Å²) < 4.78 is 2.32. The molecule has 1 unspecified atom stereocenters. The standard InChI is InChI=1S/C10H18N2S/c1-9(11-2)10-5-4-6-12(10)7-8-13-3/h4-6,9,11H,7-8H2,1-3H3. The highest BCUT2D eigenvalue weighted by atomic mass is 32.2. The van der Waals surface area contributed by atoms with Crippen LogP contribution in [0.25, 0.3) is 0 Å². The van der Waals surface area contributed by atoms with Gasteiger partial charge in [0.2, 0.25) is 0 Å². The topological polar surface area (TPSA) is 17.0 Å². The third-order valence-corrected chi connectivity index (χ3v) is 2.87. The Kier molecular flexibility index (Phi) is 4.39. The highest BCUT2D eigenvalue weighted by Crippen LogP contribution is 2.13. The zero-order chi connectivity index (χ0) is 9.68. The van der Waals surface area contributed by atoms with E-state index in [1.54, 1.807) is 0 Å². The van der Waals surface area contributed by atoms with E-state index in [9.17, 15) is 0 Å². The molecule has 0 aliphatic rings. The lowest BCUT2D eigenvalue weighted by atomic mass is 10.2. The fraction of sp³-hybridized carbons (Fsp3) is 0.600. The molecule has 0 spiro atoms. The zero-order valence-electron chi connectivity index (χ0n) is 8.58. The lowest BCUT2D eigenvalue weighted by Crippen LogP contribution is -2.17. The number of hydrogen-bond acceptors (Lipinski definition) is 2. The van der Waals surface area contributed by atoms with Crippen molar-refractivity contribution in [1.29, 1.82) is 0 Å². The Hall–Kier alpha value is -0.410. The van der Waals surface area contributed by atoms with Crippen molar-refractivity contribution in [2.45, 2.75) is 19.5 Å². The van der Waals surface area contributed by atoms with Crippen molar-refractivity contribution < 1.29 is 0 Å². The predicted molar refractivity (Wildman–Crippen MR) is 60.3 cm³/mol. The molecule has 0 radical (unpaired) electrons. The van der Waals surface area contributed by atoms with Crippen molar-refractivity contribution in [2.75, 3.05) is 19.1 Å². The second-order valence-electron chi connectivity index (χ2n) is 3.13. The van der Waals surface area contributed by atoms with Crippen molar-refractivity contribution in [3.63, 3.8) is 0 Å². The van der Waals surface area contributed by atoms with Crippen molar-refractivity contribution in [1.82, 2.24) is 9.88 Å². The summed E-state index contributed by atoms with van der Waals surface area (Å²) >= 11 is 1.89. The normalized spacial score (nSPS) is 13.2. The Morgan fingerprint density at radius 2 is 2.38 bits per heavy atom. The first-order valence-electron chi connectivity index (χ1n) is 4.60.